The molecule has 1 aromatic heterocycles. The maximum Gasteiger partial charge on any atom is 0.189 e. The Balaban J connectivity index is 1.87. The first-order valence-corrected chi connectivity index (χ1v) is 6.24. The lowest BCUT2D eigenvalue weighted by molar-refractivity contribution is 0.188. The highest BCUT2D eigenvalue weighted by atomic mass is 16.5. The summed E-state index contributed by atoms with van der Waals surface area (Å²) in [7, 11) is 0. The van der Waals surface area contributed by atoms with Gasteiger partial charge in [0.25, 0.3) is 0 Å². The molecule has 3 rings (SSSR count). The van der Waals surface area contributed by atoms with Crippen LogP contribution in [0.25, 0.3) is 10.9 Å². The molecule has 2 aromatic rings. The van der Waals surface area contributed by atoms with E-state index in [4.69, 9.17) is 4.74 Å². The van der Waals surface area contributed by atoms with Crippen molar-refractivity contribution in [2.75, 3.05) is 13.2 Å². The second-order valence-corrected chi connectivity index (χ2v) is 4.59. The second-order valence-electron chi connectivity index (χ2n) is 4.59. The predicted molar refractivity (Wildman–Crippen MR) is 70.6 cm³/mol. The van der Waals surface area contributed by atoms with Crippen LogP contribution in [-0.4, -0.2) is 23.8 Å². The highest BCUT2D eigenvalue weighted by Crippen LogP contribution is 2.09. The van der Waals surface area contributed by atoms with Crippen LogP contribution >= 0.6 is 0 Å². The molecule has 1 saturated heterocycles. The number of benzene rings is 1. The fourth-order valence-electron chi connectivity index (χ4n) is 2.32. The molecule has 4 nitrogen and oxygen atoms in total. The first kappa shape index (κ1) is 11.4. The van der Waals surface area contributed by atoms with Crippen LogP contribution < -0.4 is 10.7 Å². The van der Waals surface area contributed by atoms with E-state index >= 15 is 0 Å². The molecule has 1 aliphatic rings. The fraction of sp³-hybridized carbons (Fsp3) is 0.357. The van der Waals surface area contributed by atoms with Crippen LogP contribution in [0.15, 0.2) is 41.3 Å². The van der Waals surface area contributed by atoms with Crippen molar-refractivity contribution in [2.45, 2.75) is 19.1 Å². The molecule has 0 radical (unpaired) electrons. The summed E-state index contributed by atoms with van der Waals surface area (Å²) in [6.07, 6.45) is 2.89. The van der Waals surface area contributed by atoms with E-state index in [1.165, 1.54) is 0 Å². The third-order valence-corrected chi connectivity index (χ3v) is 3.36. The molecule has 1 atom stereocenters. The summed E-state index contributed by atoms with van der Waals surface area (Å²) in [4.78, 5) is 11.7. The summed E-state index contributed by atoms with van der Waals surface area (Å²) in [5.41, 5.74) is 1.04. The average Bonchev–Trinajstić information content (AvgIpc) is 2.92. The van der Waals surface area contributed by atoms with Gasteiger partial charge in [0.1, 0.15) is 0 Å². The third kappa shape index (κ3) is 2.17. The normalized spacial score (nSPS) is 19.4. The van der Waals surface area contributed by atoms with Crippen molar-refractivity contribution < 1.29 is 4.74 Å². The fourth-order valence-corrected chi connectivity index (χ4v) is 2.32. The minimum absolute atomic E-state index is 0.0750. The number of ether oxygens (including phenoxy) is 1. The van der Waals surface area contributed by atoms with Crippen LogP contribution in [0.3, 0.4) is 0 Å². The quantitative estimate of drug-likeness (QED) is 0.886. The second kappa shape index (κ2) is 4.92. The molecule has 1 aromatic carbocycles. The summed E-state index contributed by atoms with van der Waals surface area (Å²) >= 11 is 0. The minimum Gasteiger partial charge on any atom is -0.380 e. The average molecular weight is 244 g/mol. The number of hydrogen-bond acceptors (Lipinski definition) is 3. The number of fused-ring (bicyclic) bond motifs is 1. The first-order valence-electron chi connectivity index (χ1n) is 6.24. The Bertz CT molecular complexity index is 600. The molecule has 0 unspecified atom stereocenters. The number of nitrogens with one attached hydrogen (secondary N) is 1. The van der Waals surface area contributed by atoms with E-state index in [2.05, 4.69) is 9.88 Å². The van der Waals surface area contributed by atoms with E-state index in [1.54, 1.807) is 6.07 Å². The van der Waals surface area contributed by atoms with Crippen LogP contribution in [0.1, 0.15) is 6.42 Å². The Kier molecular flexibility index (Phi) is 3.13. The van der Waals surface area contributed by atoms with Crippen molar-refractivity contribution >= 4 is 10.9 Å². The van der Waals surface area contributed by atoms with E-state index in [0.29, 0.717) is 12.7 Å². The molecule has 1 N–H and O–H groups in total. The van der Waals surface area contributed by atoms with E-state index < -0.39 is 0 Å². The van der Waals surface area contributed by atoms with Crippen molar-refractivity contribution in [1.29, 1.82) is 0 Å². The van der Waals surface area contributed by atoms with Crippen molar-refractivity contribution in [1.82, 2.24) is 9.88 Å². The molecule has 1 fully saturated rings. The molecule has 0 aliphatic carbocycles. The van der Waals surface area contributed by atoms with Crippen LogP contribution in [-0.2, 0) is 11.4 Å². The van der Waals surface area contributed by atoms with Crippen molar-refractivity contribution in [3.05, 3.63) is 46.8 Å². The molecular weight excluding hydrogens is 228 g/mol. The lowest BCUT2D eigenvalue weighted by atomic mass is 10.2. The van der Waals surface area contributed by atoms with Crippen molar-refractivity contribution in [3.8, 4) is 0 Å². The Morgan fingerprint density at radius 3 is 3.06 bits per heavy atom. The van der Waals surface area contributed by atoms with Gasteiger partial charge >= 0.3 is 0 Å². The van der Waals surface area contributed by atoms with E-state index in [-0.39, 0.29) is 5.43 Å². The SMILES string of the molecule is O=c1ccn(CN[C@@H]2CCOC2)c2ccccc12. The van der Waals surface area contributed by atoms with Gasteiger partial charge in [0.2, 0.25) is 0 Å². The molecule has 0 spiro atoms. The number of aromatic nitrogens is 1. The predicted octanol–water partition coefficient (Wildman–Crippen LogP) is 1.34. The number of nitrogens with zero attached hydrogens (tertiary/aromatic N) is 1. The number of para-hydroxylation sites is 1. The highest BCUT2D eigenvalue weighted by molar-refractivity contribution is 5.78. The number of rotatable bonds is 3. The molecular formula is C14H16N2O2. The van der Waals surface area contributed by atoms with E-state index in [0.717, 1.165) is 30.5 Å². The maximum atomic E-state index is 11.7. The van der Waals surface area contributed by atoms with Gasteiger partial charge in [-0.3, -0.25) is 10.1 Å². The van der Waals surface area contributed by atoms with Gasteiger partial charge in [-0.2, -0.15) is 0 Å². The van der Waals surface area contributed by atoms with Crippen LogP contribution in [0.5, 0.6) is 0 Å². The van der Waals surface area contributed by atoms with Gasteiger partial charge in [-0.25, -0.2) is 0 Å². The Hall–Kier alpha value is -1.65. The van der Waals surface area contributed by atoms with Crippen LogP contribution in [0, 0.1) is 0 Å². The summed E-state index contributed by atoms with van der Waals surface area (Å²) in [5, 5.41) is 4.21. The molecule has 0 amide bonds. The molecule has 4 heteroatoms. The zero-order chi connectivity index (χ0) is 12.4. The van der Waals surface area contributed by atoms with Gasteiger partial charge in [0, 0.05) is 30.3 Å². The van der Waals surface area contributed by atoms with Gasteiger partial charge in [-0.1, -0.05) is 12.1 Å². The first-order chi connectivity index (χ1) is 8.84. The topological polar surface area (TPSA) is 43.3 Å². The minimum atomic E-state index is 0.0750. The number of hydrogen-bond donors (Lipinski definition) is 1. The Morgan fingerprint density at radius 1 is 1.33 bits per heavy atom. The molecule has 0 bridgehead atoms. The summed E-state index contributed by atoms with van der Waals surface area (Å²) in [5.74, 6) is 0. The van der Waals surface area contributed by atoms with Gasteiger partial charge < -0.3 is 9.30 Å². The van der Waals surface area contributed by atoms with Crippen molar-refractivity contribution in [3.63, 3.8) is 0 Å². The lowest BCUT2D eigenvalue weighted by Crippen LogP contribution is -2.31. The Labute approximate surface area is 105 Å². The van der Waals surface area contributed by atoms with Crippen LogP contribution in [0.4, 0.5) is 0 Å². The molecule has 94 valence electrons. The van der Waals surface area contributed by atoms with E-state index in [9.17, 15) is 4.79 Å². The number of pyridine rings is 1. The highest BCUT2D eigenvalue weighted by Gasteiger charge is 2.14. The maximum absolute atomic E-state index is 11.7. The van der Waals surface area contributed by atoms with E-state index in [1.807, 2.05) is 30.5 Å². The Morgan fingerprint density at radius 2 is 2.22 bits per heavy atom. The van der Waals surface area contributed by atoms with Gasteiger partial charge in [0.15, 0.2) is 5.43 Å². The van der Waals surface area contributed by atoms with Crippen LogP contribution in [0.2, 0.25) is 0 Å². The molecule has 18 heavy (non-hydrogen) atoms. The lowest BCUT2D eigenvalue weighted by Gasteiger charge is -2.15. The zero-order valence-electron chi connectivity index (χ0n) is 10.1. The largest absolute Gasteiger partial charge is 0.380 e. The van der Waals surface area contributed by atoms with Crippen molar-refractivity contribution in [2.24, 2.45) is 0 Å². The molecule has 0 saturated carbocycles. The monoisotopic (exact) mass is 244 g/mol. The summed E-state index contributed by atoms with van der Waals surface area (Å²) in [6.45, 7) is 2.32. The molecule has 1 aliphatic heterocycles. The summed E-state index contributed by atoms with van der Waals surface area (Å²) < 4.78 is 7.39. The van der Waals surface area contributed by atoms with Gasteiger partial charge in [-0.15, -0.1) is 0 Å². The van der Waals surface area contributed by atoms with Gasteiger partial charge in [-0.05, 0) is 18.6 Å². The third-order valence-electron chi connectivity index (χ3n) is 3.36. The zero-order valence-corrected chi connectivity index (χ0v) is 10.1. The smallest absolute Gasteiger partial charge is 0.189 e. The molecule has 2 heterocycles. The summed E-state index contributed by atoms with van der Waals surface area (Å²) in [6, 6.07) is 9.73. The standard InChI is InChI=1S/C14H16N2O2/c17-14-5-7-16(10-15-11-6-8-18-9-11)13-4-2-1-3-12(13)14/h1-5,7,11,15H,6,8-10H2/t11-/m1/s1. The van der Waals surface area contributed by atoms with Gasteiger partial charge in [0.05, 0.1) is 18.8 Å².